The Morgan fingerprint density at radius 3 is 2.40 bits per heavy atom. The zero-order valence-electron chi connectivity index (χ0n) is 12.0. The van der Waals surface area contributed by atoms with Gasteiger partial charge in [0.25, 0.3) is 0 Å². The molecule has 0 aromatic heterocycles. The summed E-state index contributed by atoms with van der Waals surface area (Å²) < 4.78 is 0. The number of carboxylic acids is 1. The number of carboxylic acid groups (broad SMARTS) is 1. The quantitative estimate of drug-likeness (QED) is 0.868. The molecule has 1 saturated heterocycles. The maximum atomic E-state index is 10.8. The predicted molar refractivity (Wildman–Crippen MR) is 77.7 cm³/mol. The van der Waals surface area contributed by atoms with Crippen molar-refractivity contribution in [2.45, 2.75) is 38.6 Å². The van der Waals surface area contributed by atoms with Crippen molar-refractivity contribution < 1.29 is 15.0 Å². The maximum Gasteiger partial charge on any atom is 0.303 e. The van der Waals surface area contributed by atoms with Crippen molar-refractivity contribution >= 4 is 5.97 Å². The van der Waals surface area contributed by atoms with Crippen molar-refractivity contribution in [2.75, 3.05) is 13.1 Å². The molecule has 1 aromatic rings. The topological polar surface area (TPSA) is 60.8 Å². The molecule has 0 amide bonds. The highest BCUT2D eigenvalue weighted by molar-refractivity contribution is 5.67. The fourth-order valence-electron chi connectivity index (χ4n) is 3.12. The standard InChI is InChI=1S/C16H23NO3/c1-2-15(13-3-5-14(18)6-4-13)17-9-7-12(8-10-17)11-16(19)20/h3-6,12,15,18H,2,7-11H2,1H3,(H,19,20). The Labute approximate surface area is 120 Å². The Hall–Kier alpha value is -1.55. The Morgan fingerprint density at radius 2 is 1.90 bits per heavy atom. The molecule has 1 atom stereocenters. The van der Waals surface area contributed by atoms with Gasteiger partial charge in [-0.3, -0.25) is 9.69 Å². The van der Waals surface area contributed by atoms with Crippen molar-refractivity contribution in [1.82, 2.24) is 4.90 Å². The summed E-state index contributed by atoms with van der Waals surface area (Å²) in [6.45, 7) is 4.08. The second-order valence-electron chi connectivity index (χ2n) is 5.59. The first-order valence-electron chi connectivity index (χ1n) is 7.35. The van der Waals surface area contributed by atoms with Gasteiger partial charge in [0.05, 0.1) is 0 Å². The summed E-state index contributed by atoms with van der Waals surface area (Å²) in [5.41, 5.74) is 1.22. The fourth-order valence-corrected chi connectivity index (χ4v) is 3.12. The number of hydrogen-bond acceptors (Lipinski definition) is 3. The molecule has 0 saturated carbocycles. The summed E-state index contributed by atoms with van der Waals surface area (Å²) in [7, 11) is 0. The van der Waals surface area contributed by atoms with Crippen molar-refractivity contribution in [3.8, 4) is 5.75 Å². The summed E-state index contributed by atoms with van der Waals surface area (Å²) in [5.74, 6) is -0.0705. The Balaban J connectivity index is 1.96. The monoisotopic (exact) mass is 277 g/mol. The van der Waals surface area contributed by atoms with E-state index >= 15 is 0 Å². The normalized spacial score (nSPS) is 18.9. The van der Waals surface area contributed by atoms with Crippen LogP contribution in [-0.2, 0) is 4.79 Å². The van der Waals surface area contributed by atoms with Crippen LogP contribution in [0.15, 0.2) is 24.3 Å². The van der Waals surface area contributed by atoms with E-state index in [1.54, 1.807) is 12.1 Å². The molecule has 1 aliphatic heterocycles. The van der Waals surface area contributed by atoms with Gasteiger partial charge in [-0.1, -0.05) is 19.1 Å². The molecule has 20 heavy (non-hydrogen) atoms. The highest BCUT2D eigenvalue weighted by Gasteiger charge is 2.26. The number of carbonyl (C=O) groups is 1. The van der Waals surface area contributed by atoms with Crippen molar-refractivity contribution in [3.05, 3.63) is 29.8 Å². The lowest BCUT2D eigenvalue weighted by Gasteiger charge is -2.37. The third kappa shape index (κ3) is 3.73. The van der Waals surface area contributed by atoms with Crippen LogP contribution in [0.3, 0.4) is 0 Å². The van der Waals surface area contributed by atoms with Crippen LogP contribution in [0.5, 0.6) is 5.75 Å². The zero-order valence-corrected chi connectivity index (χ0v) is 12.0. The molecule has 0 bridgehead atoms. The molecular formula is C16H23NO3. The van der Waals surface area contributed by atoms with E-state index in [0.29, 0.717) is 24.1 Å². The minimum atomic E-state index is -0.686. The van der Waals surface area contributed by atoms with Crippen LogP contribution < -0.4 is 0 Å². The number of phenols is 1. The van der Waals surface area contributed by atoms with Gasteiger partial charge in [-0.25, -0.2) is 0 Å². The van der Waals surface area contributed by atoms with E-state index in [-0.39, 0.29) is 0 Å². The molecule has 1 unspecified atom stereocenters. The van der Waals surface area contributed by atoms with Crippen molar-refractivity contribution in [3.63, 3.8) is 0 Å². The van der Waals surface area contributed by atoms with E-state index in [0.717, 1.165) is 32.4 Å². The van der Waals surface area contributed by atoms with Crippen LogP contribution in [0.4, 0.5) is 0 Å². The lowest BCUT2D eigenvalue weighted by Crippen LogP contribution is -2.37. The molecule has 2 rings (SSSR count). The van der Waals surface area contributed by atoms with Gasteiger partial charge < -0.3 is 10.2 Å². The fraction of sp³-hybridized carbons (Fsp3) is 0.562. The van der Waals surface area contributed by atoms with Gasteiger partial charge in [0, 0.05) is 12.5 Å². The number of likely N-dealkylation sites (tertiary alicyclic amines) is 1. The summed E-state index contributed by atoms with van der Waals surface area (Å²) in [6, 6.07) is 7.78. The number of hydrogen-bond donors (Lipinski definition) is 2. The molecule has 1 aromatic carbocycles. The van der Waals surface area contributed by atoms with E-state index in [4.69, 9.17) is 5.11 Å². The van der Waals surface area contributed by atoms with E-state index in [2.05, 4.69) is 11.8 Å². The van der Waals surface area contributed by atoms with Crippen LogP contribution in [0, 0.1) is 5.92 Å². The van der Waals surface area contributed by atoms with Crippen LogP contribution in [-0.4, -0.2) is 34.2 Å². The molecule has 4 heteroatoms. The molecule has 2 N–H and O–H groups in total. The average Bonchev–Trinajstić information content (AvgIpc) is 2.43. The number of aliphatic carboxylic acids is 1. The summed E-state index contributed by atoms with van der Waals surface area (Å²) in [4.78, 5) is 13.2. The van der Waals surface area contributed by atoms with Crippen molar-refractivity contribution in [1.29, 1.82) is 0 Å². The van der Waals surface area contributed by atoms with Crippen LogP contribution in [0.1, 0.15) is 44.2 Å². The Kier molecular flexibility index (Phi) is 5.01. The van der Waals surface area contributed by atoms with Gasteiger partial charge in [-0.2, -0.15) is 0 Å². The number of rotatable bonds is 5. The summed E-state index contributed by atoms with van der Waals surface area (Å²) in [5, 5.41) is 18.2. The molecule has 1 fully saturated rings. The first-order chi connectivity index (χ1) is 9.60. The Bertz CT molecular complexity index is 436. The van der Waals surface area contributed by atoms with Gasteiger partial charge >= 0.3 is 5.97 Å². The zero-order chi connectivity index (χ0) is 14.5. The maximum absolute atomic E-state index is 10.8. The van der Waals surface area contributed by atoms with Crippen LogP contribution in [0.2, 0.25) is 0 Å². The number of piperidine rings is 1. The molecule has 1 heterocycles. The largest absolute Gasteiger partial charge is 0.508 e. The minimum absolute atomic E-state index is 0.295. The summed E-state index contributed by atoms with van der Waals surface area (Å²) in [6.07, 6.45) is 3.24. The lowest BCUT2D eigenvalue weighted by atomic mass is 9.91. The van der Waals surface area contributed by atoms with Crippen LogP contribution in [0.25, 0.3) is 0 Å². The number of phenolic OH excluding ortho intramolecular Hbond substituents is 1. The molecule has 1 aliphatic rings. The lowest BCUT2D eigenvalue weighted by molar-refractivity contribution is -0.138. The Morgan fingerprint density at radius 1 is 1.30 bits per heavy atom. The highest BCUT2D eigenvalue weighted by atomic mass is 16.4. The smallest absolute Gasteiger partial charge is 0.303 e. The highest BCUT2D eigenvalue weighted by Crippen LogP contribution is 2.30. The van der Waals surface area contributed by atoms with Gasteiger partial charge in [0.2, 0.25) is 0 Å². The molecule has 4 nitrogen and oxygen atoms in total. The van der Waals surface area contributed by atoms with E-state index < -0.39 is 5.97 Å². The molecular weight excluding hydrogens is 254 g/mol. The second-order valence-corrected chi connectivity index (χ2v) is 5.59. The predicted octanol–water partition coefficient (Wildman–Crippen LogP) is 3.03. The van der Waals surface area contributed by atoms with Gasteiger partial charge in [-0.05, 0) is 56.0 Å². The molecule has 0 aliphatic carbocycles. The van der Waals surface area contributed by atoms with Crippen molar-refractivity contribution in [2.24, 2.45) is 5.92 Å². The van der Waals surface area contributed by atoms with Gasteiger partial charge in [0.15, 0.2) is 0 Å². The summed E-state index contributed by atoms with van der Waals surface area (Å²) >= 11 is 0. The molecule has 0 radical (unpaired) electrons. The second kappa shape index (κ2) is 6.75. The molecule has 110 valence electrons. The first-order valence-corrected chi connectivity index (χ1v) is 7.35. The van der Waals surface area contributed by atoms with E-state index in [9.17, 15) is 9.90 Å². The molecule has 0 spiro atoms. The van der Waals surface area contributed by atoms with E-state index in [1.807, 2.05) is 12.1 Å². The van der Waals surface area contributed by atoms with Crippen LogP contribution >= 0.6 is 0 Å². The van der Waals surface area contributed by atoms with Gasteiger partial charge in [-0.15, -0.1) is 0 Å². The van der Waals surface area contributed by atoms with E-state index in [1.165, 1.54) is 5.56 Å². The first kappa shape index (κ1) is 14.9. The average molecular weight is 277 g/mol. The number of aromatic hydroxyl groups is 1. The van der Waals surface area contributed by atoms with Gasteiger partial charge in [0.1, 0.15) is 5.75 Å². The third-order valence-electron chi connectivity index (χ3n) is 4.22. The number of nitrogens with zero attached hydrogens (tertiary/aromatic N) is 1. The number of benzene rings is 1. The SMILES string of the molecule is CCC(c1ccc(O)cc1)N1CCC(CC(=O)O)CC1. The minimum Gasteiger partial charge on any atom is -0.508 e. The third-order valence-corrected chi connectivity index (χ3v) is 4.22.